The second-order valence-electron chi connectivity index (χ2n) is 10.9. The maximum atomic E-state index is 15.5. The molecule has 0 radical (unpaired) electrons. The Labute approximate surface area is 253 Å². The van der Waals surface area contributed by atoms with E-state index in [4.69, 9.17) is 4.74 Å². The van der Waals surface area contributed by atoms with Gasteiger partial charge in [0.1, 0.15) is 17.1 Å². The lowest BCUT2D eigenvalue weighted by Gasteiger charge is -2.18. The Balaban J connectivity index is 1.46. The van der Waals surface area contributed by atoms with Gasteiger partial charge in [0.2, 0.25) is 5.91 Å². The number of nitrogens with one attached hydrogen (secondary N) is 3. The summed E-state index contributed by atoms with van der Waals surface area (Å²) in [5, 5.41) is 8.81. The van der Waals surface area contributed by atoms with Crippen molar-refractivity contribution in [2.45, 2.75) is 32.9 Å². The van der Waals surface area contributed by atoms with Crippen LogP contribution < -0.4 is 31.9 Å². The molecule has 1 aromatic heterocycles. The Morgan fingerprint density at radius 1 is 1.02 bits per heavy atom. The second-order valence-corrected chi connectivity index (χ2v) is 10.9. The molecule has 0 aliphatic carbocycles. The topological polar surface area (TPSA) is 123 Å². The number of aromatic nitrogens is 2. The van der Waals surface area contributed by atoms with Crippen LogP contribution in [-0.2, 0) is 25.4 Å². The first kappa shape index (κ1) is 30.4. The van der Waals surface area contributed by atoms with Crippen LogP contribution in [0.25, 0.3) is 22.3 Å². The van der Waals surface area contributed by atoms with Crippen LogP contribution in [0.5, 0.6) is 5.75 Å². The molecule has 5 rings (SSSR count). The van der Waals surface area contributed by atoms with Gasteiger partial charge < -0.3 is 25.3 Å². The SMILES string of the molecule is COc1cc(-c2cccc(-c3cccc(NC(=O)c4cn(C)c(=O)n(C)c4=O)c3C)c2C)cc(F)c1CN[C@@H]1CNC(=O)C1. The van der Waals surface area contributed by atoms with Crippen molar-refractivity contribution in [2.75, 3.05) is 19.0 Å². The van der Waals surface area contributed by atoms with Gasteiger partial charge in [0.05, 0.1) is 7.11 Å². The Kier molecular flexibility index (Phi) is 8.50. The average Bonchev–Trinajstić information content (AvgIpc) is 3.43. The molecule has 0 bridgehead atoms. The van der Waals surface area contributed by atoms with Crippen molar-refractivity contribution in [1.29, 1.82) is 0 Å². The fourth-order valence-corrected chi connectivity index (χ4v) is 5.57. The lowest BCUT2D eigenvalue weighted by molar-refractivity contribution is -0.119. The molecule has 4 aromatic rings. The van der Waals surface area contributed by atoms with Crippen molar-refractivity contribution in [3.8, 4) is 28.0 Å². The molecule has 1 aliphatic rings. The quantitative estimate of drug-likeness (QED) is 0.285. The number of aryl methyl sites for hydroxylation is 1. The molecular formula is C33H34FN5O5. The standard InChI is InChI=1S/C33H34FN5O5/c1-18-22(20-12-27(34)25(29(13-20)44-5)16-35-21-14-30(40)36-15-21)8-6-9-23(18)24-10-7-11-28(19(24)2)37-31(41)26-17-38(3)33(43)39(4)32(26)42/h6-13,17,21,35H,14-16H2,1-5H3,(H,36,40)(H,37,41)/t21-/m0/s1. The Morgan fingerprint density at radius 2 is 1.70 bits per heavy atom. The van der Waals surface area contributed by atoms with E-state index in [9.17, 15) is 19.2 Å². The lowest BCUT2D eigenvalue weighted by atomic mass is 9.90. The highest BCUT2D eigenvalue weighted by atomic mass is 19.1. The first-order chi connectivity index (χ1) is 21.0. The third-order valence-corrected chi connectivity index (χ3v) is 8.13. The number of ether oxygens (including phenoxy) is 1. The first-order valence-electron chi connectivity index (χ1n) is 14.1. The molecule has 228 valence electrons. The van der Waals surface area contributed by atoms with E-state index in [1.165, 1.54) is 38.0 Å². The van der Waals surface area contributed by atoms with Crippen LogP contribution in [0.4, 0.5) is 10.1 Å². The number of halogens is 1. The van der Waals surface area contributed by atoms with Crippen LogP contribution in [0, 0.1) is 19.7 Å². The molecule has 10 nitrogen and oxygen atoms in total. The fraction of sp³-hybridized carbons (Fsp3) is 0.273. The van der Waals surface area contributed by atoms with Gasteiger partial charge >= 0.3 is 5.69 Å². The van der Waals surface area contributed by atoms with E-state index in [-0.39, 0.29) is 24.1 Å². The molecule has 1 aliphatic heterocycles. The van der Waals surface area contributed by atoms with Gasteiger partial charge in [-0.2, -0.15) is 0 Å². The second kappa shape index (κ2) is 12.3. The van der Waals surface area contributed by atoms with Crippen molar-refractivity contribution < 1.29 is 18.7 Å². The molecule has 2 amide bonds. The summed E-state index contributed by atoms with van der Waals surface area (Å²) in [5.74, 6) is -0.668. The number of hydrogen-bond acceptors (Lipinski definition) is 6. The van der Waals surface area contributed by atoms with E-state index in [1.807, 2.05) is 38.1 Å². The zero-order valence-corrected chi connectivity index (χ0v) is 25.2. The molecule has 0 unspecified atom stereocenters. The zero-order chi connectivity index (χ0) is 31.7. The van der Waals surface area contributed by atoms with Gasteiger partial charge in [0.25, 0.3) is 11.5 Å². The van der Waals surface area contributed by atoms with Crippen molar-refractivity contribution in [3.05, 3.63) is 104 Å². The predicted octanol–water partition coefficient (Wildman–Crippen LogP) is 3.41. The third kappa shape index (κ3) is 5.78. The average molecular weight is 600 g/mol. The van der Waals surface area contributed by atoms with Gasteiger partial charge in [-0.1, -0.05) is 30.3 Å². The highest BCUT2D eigenvalue weighted by molar-refractivity contribution is 6.04. The van der Waals surface area contributed by atoms with E-state index in [0.717, 1.165) is 32.4 Å². The molecule has 0 saturated carbocycles. The maximum absolute atomic E-state index is 15.5. The summed E-state index contributed by atoms with van der Waals surface area (Å²) < 4.78 is 23.1. The number of nitrogens with zero attached hydrogens (tertiary/aromatic N) is 2. The van der Waals surface area contributed by atoms with Crippen LogP contribution in [0.15, 0.2) is 64.3 Å². The highest BCUT2D eigenvalue weighted by Gasteiger charge is 2.23. The highest BCUT2D eigenvalue weighted by Crippen LogP contribution is 2.37. The molecule has 2 heterocycles. The van der Waals surface area contributed by atoms with E-state index in [2.05, 4.69) is 16.0 Å². The number of benzene rings is 3. The Bertz CT molecular complexity index is 1910. The Morgan fingerprint density at radius 3 is 2.39 bits per heavy atom. The summed E-state index contributed by atoms with van der Waals surface area (Å²) in [4.78, 5) is 49.3. The van der Waals surface area contributed by atoms with Gasteiger partial charge in [0, 0.05) is 57.1 Å². The van der Waals surface area contributed by atoms with Crippen LogP contribution in [0.3, 0.4) is 0 Å². The van der Waals surface area contributed by atoms with E-state index in [1.54, 1.807) is 18.2 Å². The molecule has 3 N–H and O–H groups in total. The number of rotatable bonds is 8. The number of carbonyl (C=O) groups excluding carboxylic acids is 2. The molecule has 0 spiro atoms. The van der Waals surface area contributed by atoms with Gasteiger partial charge in [-0.15, -0.1) is 0 Å². The molecule has 44 heavy (non-hydrogen) atoms. The minimum Gasteiger partial charge on any atom is -0.496 e. The fourth-order valence-electron chi connectivity index (χ4n) is 5.57. The summed E-state index contributed by atoms with van der Waals surface area (Å²) >= 11 is 0. The predicted molar refractivity (Wildman–Crippen MR) is 166 cm³/mol. The summed E-state index contributed by atoms with van der Waals surface area (Å²) in [6.45, 7) is 4.54. The van der Waals surface area contributed by atoms with Crippen molar-refractivity contribution in [1.82, 2.24) is 19.8 Å². The smallest absolute Gasteiger partial charge is 0.330 e. The van der Waals surface area contributed by atoms with Crippen LogP contribution >= 0.6 is 0 Å². The number of hydrogen-bond donors (Lipinski definition) is 3. The van der Waals surface area contributed by atoms with Crippen molar-refractivity contribution >= 4 is 17.5 Å². The molecule has 1 fully saturated rings. The molecule has 1 atom stereocenters. The van der Waals surface area contributed by atoms with Gasteiger partial charge in [-0.3, -0.25) is 19.0 Å². The van der Waals surface area contributed by atoms with Crippen molar-refractivity contribution in [3.63, 3.8) is 0 Å². The third-order valence-electron chi connectivity index (χ3n) is 8.13. The van der Waals surface area contributed by atoms with Crippen LogP contribution in [0.1, 0.15) is 33.5 Å². The Hall–Kier alpha value is -5.03. The summed E-state index contributed by atoms with van der Waals surface area (Å²) in [6.07, 6.45) is 1.58. The van der Waals surface area contributed by atoms with Crippen molar-refractivity contribution in [2.24, 2.45) is 14.1 Å². The molecular weight excluding hydrogens is 565 g/mol. The largest absolute Gasteiger partial charge is 0.496 e. The van der Waals surface area contributed by atoms with Crippen LogP contribution in [0.2, 0.25) is 0 Å². The summed E-state index contributed by atoms with van der Waals surface area (Å²) in [7, 11) is 4.30. The molecule has 11 heteroatoms. The van der Waals surface area contributed by atoms with Crippen LogP contribution in [-0.4, -0.2) is 40.6 Å². The minimum absolute atomic E-state index is 0.0288. The summed E-state index contributed by atoms with van der Waals surface area (Å²) in [6, 6.07) is 14.5. The van der Waals surface area contributed by atoms with E-state index in [0.29, 0.717) is 35.5 Å². The lowest BCUT2D eigenvalue weighted by Crippen LogP contribution is -2.40. The molecule has 1 saturated heterocycles. The minimum atomic E-state index is -0.682. The molecule has 3 aromatic carbocycles. The van der Waals surface area contributed by atoms with E-state index < -0.39 is 23.0 Å². The van der Waals surface area contributed by atoms with Gasteiger partial charge in [0.15, 0.2) is 0 Å². The zero-order valence-electron chi connectivity index (χ0n) is 25.2. The maximum Gasteiger partial charge on any atom is 0.330 e. The van der Waals surface area contributed by atoms with Gasteiger partial charge in [-0.05, 0) is 65.4 Å². The number of methoxy groups -OCH3 is 1. The monoisotopic (exact) mass is 599 g/mol. The summed E-state index contributed by atoms with van der Waals surface area (Å²) in [5.41, 5.74) is 4.40. The number of amides is 2. The van der Waals surface area contributed by atoms with Gasteiger partial charge in [-0.25, -0.2) is 9.18 Å². The normalized spacial score (nSPS) is 14.4. The van der Waals surface area contributed by atoms with E-state index >= 15 is 4.39 Å². The number of carbonyl (C=O) groups is 2. The first-order valence-corrected chi connectivity index (χ1v) is 14.1. The number of anilines is 1.